The zero-order chi connectivity index (χ0) is 16.9. The van der Waals surface area contributed by atoms with Crippen LogP contribution in [0.1, 0.15) is 25.3 Å². The fourth-order valence-electron chi connectivity index (χ4n) is 4.85. The number of hydrogen-bond donors (Lipinski definition) is 1. The summed E-state index contributed by atoms with van der Waals surface area (Å²) in [6.45, 7) is 5.01. The lowest BCUT2D eigenvalue weighted by atomic mass is 9.73. The highest BCUT2D eigenvalue weighted by atomic mass is 35.5. The Bertz CT molecular complexity index is 668. The first-order valence-electron chi connectivity index (χ1n) is 8.56. The molecule has 130 valence electrons. The number of hydrogen-bond acceptors (Lipinski definition) is 3. The van der Waals surface area contributed by atoms with Crippen molar-refractivity contribution in [3.05, 3.63) is 33.8 Å². The number of carbonyl (C=O) groups excluding carboxylic acids is 1. The van der Waals surface area contributed by atoms with Crippen LogP contribution in [0.3, 0.4) is 0 Å². The number of halogens is 2. The zero-order valence-corrected chi connectivity index (χ0v) is 15.2. The Balaban J connectivity index is 1.48. The number of benzene rings is 1. The Hall–Kier alpha value is -0.810. The van der Waals surface area contributed by atoms with Crippen molar-refractivity contribution in [2.75, 3.05) is 19.6 Å². The van der Waals surface area contributed by atoms with E-state index in [0.29, 0.717) is 28.0 Å². The fourth-order valence-corrected chi connectivity index (χ4v) is 5.23. The van der Waals surface area contributed by atoms with Crippen LogP contribution in [-0.4, -0.2) is 42.1 Å². The third-order valence-electron chi connectivity index (χ3n) is 5.87. The number of amides is 1. The lowest BCUT2D eigenvalue weighted by Gasteiger charge is -2.29. The Kier molecular flexibility index (Phi) is 4.28. The van der Waals surface area contributed by atoms with E-state index in [1.54, 1.807) is 6.92 Å². The number of fused-ring (bicyclic) bond motifs is 1. The van der Waals surface area contributed by atoms with Crippen molar-refractivity contribution in [1.29, 1.82) is 0 Å². The van der Waals surface area contributed by atoms with Crippen LogP contribution >= 0.6 is 23.2 Å². The topological polar surface area (TPSA) is 41.6 Å². The van der Waals surface area contributed by atoms with Crippen LogP contribution < -0.4 is 5.32 Å². The smallest absolute Gasteiger partial charge is 0.216 e. The van der Waals surface area contributed by atoms with Gasteiger partial charge in [-0.25, -0.2) is 0 Å². The number of ether oxygens (including phenoxy) is 1. The molecule has 0 aromatic heterocycles. The molecule has 1 N–H and O–H groups in total. The average Bonchev–Trinajstić information content (AvgIpc) is 3.17. The lowest BCUT2D eigenvalue weighted by Crippen LogP contribution is -2.41. The van der Waals surface area contributed by atoms with E-state index in [-0.39, 0.29) is 11.5 Å². The summed E-state index contributed by atoms with van der Waals surface area (Å²) in [5.74, 6) is 0.941. The van der Waals surface area contributed by atoms with Gasteiger partial charge in [-0.2, -0.15) is 0 Å². The molecule has 0 radical (unpaired) electrons. The first-order chi connectivity index (χ1) is 11.5. The van der Waals surface area contributed by atoms with Crippen molar-refractivity contribution >= 4 is 29.1 Å². The van der Waals surface area contributed by atoms with E-state index in [9.17, 15) is 4.79 Å². The molecule has 0 aliphatic carbocycles. The minimum absolute atomic E-state index is 0.0289. The fraction of sp³-hybridized carbons (Fsp3) is 0.611. The number of rotatable bonds is 4. The standard InChI is InChI=1S/C18H22Cl2N2O2/c1-11(23)21-7-13-14-9-22(10-18(14)6-5-16(13)24-18)8-12-3-2-4-15(19)17(12)20/h2-4,13-14,16H,5-10H2,1H3,(H,21,23)/t13-,14+,16+,18+/m0/s1. The molecule has 0 saturated carbocycles. The van der Waals surface area contributed by atoms with Gasteiger partial charge in [0.1, 0.15) is 0 Å². The van der Waals surface area contributed by atoms with Crippen LogP contribution in [-0.2, 0) is 16.1 Å². The zero-order valence-electron chi connectivity index (χ0n) is 13.7. The highest BCUT2D eigenvalue weighted by Crippen LogP contribution is 2.54. The lowest BCUT2D eigenvalue weighted by molar-refractivity contribution is -0.119. The predicted molar refractivity (Wildman–Crippen MR) is 94.2 cm³/mol. The average molecular weight is 369 g/mol. The Morgan fingerprint density at radius 3 is 3.08 bits per heavy atom. The quantitative estimate of drug-likeness (QED) is 0.887. The monoisotopic (exact) mass is 368 g/mol. The highest BCUT2D eigenvalue weighted by Gasteiger charge is 2.62. The van der Waals surface area contributed by atoms with Crippen molar-refractivity contribution in [3.8, 4) is 0 Å². The molecule has 3 fully saturated rings. The van der Waals surface area contributed by atoms with E-state index in [4.69, 9.17) is 27.9 Å². The van der Waals surface area contributed by atoms with Crippen molar-refractivity contribution in [2.24, 2.45) is 11.8 Å². The summed E-state index contributed by atoms with van der Waals surface area (Å²) < 4.78 is 6.40. The molecule has 1 aromatic carbocycles. The molecule has 24 heavy (non-hydrogen) atoms. The maximum atomic E-state index is 11.3. The summed E-state index contributed by atoms with van der Waals surface area (Å²) in [5.41, 5.74) is 1.03. The molecule has 4 nitrogen and oxygen atoms in total. The molecular formula is C18H22Cl2N2O2. The van der Waals surface area contributed by atoms with Gasteiger partial charge >= 0.3 is 0 Å². The second kappa shape index (κ2) is 6.17. The summed E-state index contributed by atoms with van der Waals surface area (Å²) in [4.78, 5) is 13.7. The van der Waals surface area contributed by atoms with Gasteiger partial charge in [0.15, 0.2) is 0 Å². The molecule has 3 aliphatic heterocycles. The molecule has 1 aromatic rings. The summed E-state index contributed by atoms with van der Waals surface area (Å²) in [6.07, 6.45) is 2.53. The second-order valence-corrected chi connectivity index (χ2v) is 8.13. The molecule has 3 saturated heterocycles. The van der Waals surface area contributed by atoms with Crippen molar-refractivity contribution in [3.63, 3.8) is 0 Å². The Morgan fingerprint density at radius 2 is 2.29 bits per heavy atom. The van der Waals surface area contributed by atoms with Gasteiger partial charge < -0.3 is 10.1 Å². The normalized spacial score (nSPS) is 34.5. The first-order valence-corrected chi connectivity index (χ1v) is 9.31. The summed E-state index contributed by atoms with van der Waals surface area (Å²) >= 11 is 12.5. The van der Waals surface area contributed by atoms with Crippen LogP contribution in [0.4, 0.5) is 0 Å². The van der Waals surface area contributed by atoms with Gasteiger partial charge in [0, 0.05) is 44.9 Å². The molecule has 2 bridgehead atoms. The van der Waals surface area contributed by atoms with E-state index in [2.05, 4.69) is 10.2 Å². The molecule has 4 atom stereocenters. The van der Waals surface area contributed by atoms with Crippen molar-refractivity contribution in [2.45, 2.75) is 38.0 Å². The van der Waals surface area contributed by atoms with Gasteiger partial charge in [-0.05, 0) is 24.5 Å². The number of carbonyl (C=O) groups is 1. The highest BCUT2D eigenvalue weighted by molar-refractivity contribution is 6.42. The van der Waals surface area contributed by atoms with Gasteiger partial charge in [-0.3, -0.25) is 9.69 Å². The van der Waals surface area contributed by atoms with Gasteiger partial charge in [0.2, 0.25) is 5.91 Å². The van der Waals surface area contributed by atoms with Gasteiger partial charge in [0.05, 0.1) is 21.8 Å². The summed E-state index contributed by atoms with van der Waals surface area (Å²) in [5, 5.41) is 4.24. The molecule has 0 unspecified atom stereocenters. The molecule has 4 rings (SSSR count). The second-order valence-electron chi connectivity index (χ2n) is 7.35. The molecule has 6 heteroatoms. The minimum Gasteiger partial charge on any atom is -0.370 e. The minimum atomic E-state index is -0.0289. The third-order valence-corrected chi connectivity index (χ3v) is 6.72. The molecule has 1 spiro atoms. The number of nitrogens with one attached hydrogen (secondary N) is 1. The Morgan fingerprint density at radius 1 is 1.46 bits per heavy atom. The molecule has 1 amide bonds. The first kappa shape index (κ1) is 16.6. The molecular weight excluding hydrogens is 347 g/mol. The van der Waals surface area contributed by atoms with E-state index < -0.39 is 0 Å². The predicted octanol–water partition coefficient (Wildman–Crippen LogP) is 3.11. The van der Waals surface area contributed by atoms with Gasteiger partial charge in [-0.15, -0.1) is 0 Å². The summed E-state index contributed by atoms with van der Waals surface area (Å²) in [7, 11) is 0. The van der Waals surface area contributed by atoms with Crippen LogP contribution in [0, 0.1) is 11.8 Å². The van der Waals surface area contributed by atoms with E-state index >= 15 is 0 Å². The van der Waals surface area contributed by atoms with Crippen molar-refractivity contribution in [1.82, 2.24) is 10.2 Å². The number of likely N-dealkylation sites (tertiary alicyclic amines) is 1. The van der Waals surface area contributed by atoms with Crippen LogP contribution in [0.15, 0.2) is 18.2 Å². The van der Waals surface area contributed by atoms with Gasteiger partial charge in [0.25, 0.3) is 0 Å². The molecule has 3 heterocycles. The maximum Gasteiger partial charge on any atom is 0.216 e. The Labute approximate surface area is 152 Å². The van der Waals surface area contributed by atoms with Crippen molar-refractivity contribution < 1.29 is 9.53 Å². The largest absolute Gasteiger partial charge is 0.370 e. The van der Waals surface area contributed by atoms with Crippen LogP contribution in [0.2, 0.25) is 10.0 Å². The van der Waals surface area contributed by atoms with E-state index in [1.165, 1.54) is 0 Å². The summed E-state index contributed by atoms with van der Waals surface area (Å²) in [6, 6.07) is 5.80. The van der Waals surface area contributed by atoms with Crippen LogP contribution in [0.5, 0.6) is 0 Å². The SMILES string of the molecule is CC(=O)NC[C@H]1[C@H]2CN(Cc3cccc(Cl)c3Cl)C[C@]23CC[C@H]1O3. The van der Waals surface area contributed by atoms with E-state index in [0.717, 1.165) is 44.6 Å². The molecule has 3 aliphatic rings. The van der Waals surface area contributed by atoms with Gasteiger partial charge in [-0.1, -0.05) is 35.3 Å². The van der Waals surface area contributed by atoms with Crippen LogP contribution in [0.25, 0.3) is 0 Å². The van der Waals surface area contributed by atoms with E-state index in [1.807, 2.05) is 18.2 Å². The third kappa shape index (κ3) is 2.74. The maximum absolute atomic E-state index is 11.3. The number of nitrogens with zero attached hydrogens (tertiary/aromatic N) is 1.